The number of carboxylic acids is 1. The molecule has 0 unspecified atom stereocenters. The van der Waals surface area contributed by atoms with Crippen molar-refractivity contribution in [1.82, 2.24) is 15.1 Å². The molecule has 5 heterocycles. The number of β-lactam (4-membered cyclic amide) rings is 1. The van der Waals surface area contributed by atoms with Gasteiger partial charge in [-0.3, -0.25) is 28.8 Å². The number of rotatable bonds is 16. The quantitative estimate of drug-likeness (QED) is 0.0710. The Kier molecular flexibility index (Phi) is 24.0. The first kappa shape index (κ1) is 70.4. The van der Waals surface area contributed by atoms with Crippen LogP contribution in [0.1, 0.15) is 140 Å². The van der Waals surface area contributed by atoms with E-state index in [0.29, 0.717) is 12.0 Å². The number of carbonyl (C=O) groups is 7. The van der Waals surface area contributed by atoms with Crippen LogP contribution >= 0.6 is 11.8 Å². The number of esters is 3. The number of thioether (sulfide) groups is 1. The lowest BCUT2D eigenvalue weighted by Crippen LogP contribution is -2.71. The first-order valence-corrected chi connectivity index (χ1v) is 29.9. The number of amides is 2. The van der Waals surface area contributed by atoms with Gasteiger partial charge >= 0.3 is 23.9 Å². The number of ether oxygens (including phenoxy) is 8. The number of methoxy groups -OCH3 is 1. The Bertz CT molecular complexity index is 2450. The summed E-state index contributed by atoms with van der Waals surface area (Å²) in [5.74, 6) is -8.50. The van der Waals surface area contributed by atoms with Crippen molar-refractivity contribution in [2.45, 2.75) is 241 Å². The van der Waals surface area contributed by atoms with E-state index >= 15 is 0 Å². The lowest BCUT2D eigenvalue weighted by molar-refractivity contribution is -0.319. The normalized spacial score (nSPS) is 39.5. The third kappa shape index (κ3) is 15.8. The molecule has 5 saturated heterocycles. The number of aliphatic hydroxyl groups excluding tert-OH is 2. The molecule has 22 atom stereocenters. The summed E-state index contributed by atoms with van der Waals surface area (Å²) in [5.41, 5.74) is 1.54. The number of nitrogens with one attached hydrogen (secondary N) is 1. The van der Waals surface area contributed by atoms with E-state index in [-0.39, 0.29) is 50.0 Å². The molecular formula is C59H94N4O20S. The molecule has 84 heavy (non-hydrogen) atoms. The molecule has 6 rings (SSSR count). The van der Waals surface area contributed by atoms with Gasteiger partial charge in [-0.15, -0.1) is 11.8 Å². The van der Waals surface area contributed by atoms with E-state index in [9.17, 15) is 59.1 Å². The largest absolute Gasteiger partial charge is 0.480 e. The minimum absolute atomic E-state index is 0.0431. The van der Waals surface area contributed by atoms with Crippen LogP contribution in [-0.2, 0) is 71.5 Å². The van der Waals surface area contributed by atoms with Crippen molar-refractivity contribution >= 4 is 53.2 Å². The smallest absolute Gasteiger partial charge is 0.327 e. The van der Waals surface area contributed by atoms with Crippen molar-refractivity contribution in [3.05, 3.63) is 35.9 Å². The number of nitrogens with zero attached hydrogens (tertiary/aromatic N) is 2. The van der Waals surface area contributed by atoms with E-state index in [1.54, 1.807) is 86.6 Å². The van der Waals surface area contributed by atoms with Crippen molar-refractivity contribution in [2.24, 2.45) is 29.4 Å². The highest BCUT2D eigenvalue weighted by molar-refractivity contribution is 8.01. The molecule has 0 saturated carbocycles. The molecule has 5 aliphatic rings. The molecule has 476 valence electrons. The zero-order valence-corrected chi connectivity index (χ0v) is 52.4. The van der Waals surface area contributed by atoms with Crippen LogP contribution in [0.25, 0.3) is 0 Å². The van der Waals surface area contributed by atoms with Crippen LogP contribution in [-0.4, -0.2) is 211 Å². The SMILES string of the molecule is CC1(C)S[C@@H]2[C@H](NC(=O)[C@H](N)c3ccccc3)C(=O)N2[C@H]1C(=O)O.CCOC(=O)CCC(=O)O[C@H]1[C@H](O[C@@H]2[C@@H](C)[C@H](O[C@H]3C[C@@](C)(OC)[C@@H](O)[C@H](C)O3)[C@@H](C)C(=O)O[C@H](CC)[C@@](C)(O)[C@H](O)[C@@H](C)C(=O)[C@H](C)C[C@@]2(C)O)O[C@H](C)C[C@@H]1N(C)C. The molecule has 24 nitrogen and oxygen atoms in total. The van der Waals surface area contributed by atoms with Crippen molar-refractivity contribution in [2.75, 3.05) is 27.8 Å². The third-order valence-corrected chi connectivity index (χ3v) is 18.9. The number of nitrogens with two attached hydrogens (primary N) is 1. The topological polar surface area (TPSA) is 339 Å². The number of carbonyl (C=O) groups excluding carboxylic acids is 6. The molecule has 0 radical (unpaired) electrons. The fraction of sp³-hybridized carbons (Fsp3) is 0.780. The van der Waals surface area contributed by atoms with E-state index in [0.717, 1.165) is 0 Å². The predicted molar refractivity (Wildman–Crippen MR) is 305 cm³/mol. The molecule has 0 aromatic heterocycles. The fourth-order valence-electron chi connectivity index (χ4n) is 12.4. The van der Waals surface area contributed by atoms with Gasteiger partial charge in [0.25, 0.3) is 0 Å². The summed E-state index contributed by atoms with van der Waals surface area (Å²) in [6, 6.07) is 5.93. The second kappa shape index (κ2) is 28.6. The van der Waals surface area contributed by atoms with E-state index in [4.69, 9.17) is 43.6 Å². The molecule has 0 aliphatic carbocycles. The maximum atomic E-state index is 14.3. The average Bonchev–Trinajstić information content (AvgIpc) is 1.84. The van der Waals surface area contributed by atoms with Gasteiger partial charge in [-0.2, -0.15) is 0 Å². The Morgan fingerprint density at radius 2 is 1.49 bits per heavy atom. The standard InChI is InChI=1S/C43H75NO16.C16H19N3O4S/c1-15-29-43(11,52)36(48)24(5)33(47)22(3)20-41(9,51)38(25(6)34(26(7)39(50)57-29)59-32-21-42(10,53-14)37(49)27(8)56-32)60-40-35(28(44(12)13)19-23(4)55-40)58-31(46)18-17-30(45)54-16-2;1-16(2)11(15(22)23)19-13(21)10(14(19)24-16)18-12(20)9(17)8-6-4-3-5-7-8/h22-29,32,34-38,40,48-49,51-52H,15-21H2,1-14H3;3-7,9-11,14H,17H2,1-2H3,(H,18,20)(H,22,23)/t22-,23-,24+,25+,26-,27+,28+,29-,32+,34+,35-,36-,37+,38-,40+,41-,42-,43-;9-,10-,11+,14-/m11/s1. The van der Waals surface area contributed by atoms with E-state index in [1.807, 2.05) is 32.0 Å². The lowest BCUT2D eigenvalue weighted by Gasteiger charge is -2.49. The molecule has 5 aliphatic heterocycles. The number of likely N-dealkylation sites (N-methyl/N-ethyl adjacent to an activating group) is 1. The molecule has 2 amide bonds. The zero-order chi connectivity index (χ0) is 63.3. The number of Topliss-reactive ketones (excluding diaryl/α,β-unsaturated/α-hetero) is 1. The monoisotopic (exact) mass is 1210 g/mol. The highest BCUT2D eigenvalue weighted by atomic mass is 32.2. The van der Waals surface area contributed by atoms with Crippen molar-refractivity contribution in [3.8, 4) is 0 Å². The summed E-state index contributed by atoms with van der Waals surface area (Å²) in [6.07, 6.45) is -11.1. The highest BCUT2D eigenvalue weighted by Gasteiger charge is 2.64. The molecule has 1 aromatic carbocycles. The van der Waals surface area contributed by atoms with Gasteiger partial charge < -0.3 is 84.3 Å². The van der Waals surface area contributed by atoms with E-state index < -0.39 is 166 Å². The number of aliphatic hydroxyl groups is 4. The Balaban J connectivity index is 0.000000442. The molecule has 8 N–H and O–H groups in total. The van der Waals surface area contributed by atoms with E-state index in [2.05, 4.69) is 5.32 Å². The maximum absolute atomic E-state index is 14.3. The van der Waals surface area contributed by atoms with Crippen molar-refractivity contribution in [1.29, 1.82) is 0 Å². The number of ketones is 1. The minimum Gasteiger partial charge on any atom is -0.480 e. The van der Waals surface area contributed by atoms with Crippen LogP contribution in [0.4, 0.5) is 0 Å². The number of cyclic esters (lactones) is 1. The van der Waals surface area contributed by atoms with Gasteiger partial charge in [-0.05, 0) is 101 Å². The van der Waals surface area contributed by atoms with Crippen LogP contribution < -0.4 is 11.1 Å². The first-order valence-electron chi connectivity index (χ1n) is 29.1. The van der Waals surface area contributed by atoms with Crippen LogP contribution in [0.2, 0.25) is 0 Å². The number of benzene rings is 1. The first-order chi connectivity index (χ1) is 39.0. The Morgan fingerprint density at radius 3 is 2.06 bits per heavy atom. The third-order valence-electron chi connectivity index (χ3n) is 17.3. The molecule has 0 spiro atoms. The summed E-state index contributed by atoms with van der Waals surface area (Å²) in [4.78, 5) is 93.1. The molecule has 25 heteroatoms. The van der Waals surface area contributed by atoms with E-state index in [1.165, 1.54) is 44.5 Å². The Labute approximate surface area is 497 Å². The number of aliphatic carboxylic acids is 1. The Hall–Kier alpha value is -4.38. The Morgan fingerprint density at radius 1 is 0.869 bits per heavy atom. The number of fused-ring (bicyclic) bond motifs is 1. The fourth-order valence-corrected chi connectivity index (χ4v) is 14.0. The van der Waals surface area contributed by atoms with Crippen LogP contribution in [0.15, 0.2) is 30.3 Å². The maximum Gasteiger partial charge on any atom is 0.327 e. The lowest BCUT2D eigenvalue weighted by atomic mass is 9.74. The summed E-state index contributed by atoms with van der Waals surface area (Å²) in [5, 5.41) is 58.5. The second-order valence-corrected chi connectivity index (χ2v) is 26.5. The molecular weight excluding hydrogens is 1120 g/mol. The number of hydrogen-bond donors (Lipinski definition) is 7. The van der Waals surface area contributed by atoms with Crippen LogP contribution in [0.3, 0.4) is 0 Å². The van der Waals surface area contributed by atoms with Crippen molar-refractivity contribution in [3.63, 3.8) is 0 Å². The zero-order valence-electron chi connectivity index (χ0n) is 51.5. The predicted octanol–water partition coefficient (Wildman–Crippen LogP) is 3.00. The number of carboxylic acid groups (broad SMARTS) is 1. The summed E-state index contributed by atoms with van der Waals surface area (Å²) in [6.45, 7) is 21.5. The second-order valence-electron chi connectivity index (χ2n) is 24.7. The molecule has 0 bridgehead atoms. The van der Waals surface area contributed by atoms with Gasteiger partial charge in [0.1, 0.15) is 47.1 Å². The van der Waals surface area contributed by atoms with Gasteiger partial charge in [-0.25, -0.2) is 4.79 Å². The average molecular weight is 1210 g/mol. The van der Waals surface area contributed by atoms with Gasteiger partial charge in [0.05, 0.1) is 73.1 Å². The van der Waals surface area contributed by atoms with Gasteiger partial charge in [0.15, 0.2) is 18.7 Å². The van der Waals surface area contributed by atoms with Gasteiger partial charge in [0, 0.05) is 36.0 Å². The molecule has 5 fully saturated rings. The summed E-state index contributed by atoms with van der Waals surface area (Å²) in [7, 11) is 5.09. The van der Waals surface area contributed by atoms with Gasteiger partial charge in [0.2, 0.25) is 11.8 Å². The van der Waals surface area contributed by atoms with Crippen molar-refractivity contribution < 1.29 is 97.0 Å². The van der Waals surface area contributed by atoms with Gasteiger partial charge in [-0.1, -0.05) is 58.0 Å². The number of hydrogen-bond acceptors (Lipinski definition) is 22. The van der Waals surface area contributed by atoms with Crippen LogP contribution in [0.5, 0.6) is 0 Å². The molecule has 1 aromatic rings. The summed E-state index contributed by atoms with van der Waals surface area (Å²) >= 11 is 1.38. The highest BCUT2D eigenvalue weighted by Crippen LogP contribution is 2.51. The summed E-state index contributed by atoms with van der Waals surface area (Å²) < 4.78 is 48.2. The minimum atomic E-state index is -2.04. The van der Waals surface area contributed by atoms with Crippen LogP contribution in [0, 0.1) is 23.7 Å².